The third kappa shape index (κ3) is 9.26. The quantitative estimate of drug-likeness (QED) is 0.224. The molecular formula is C37H49Br2N7O4. The van der Waals surface area contributed by atoms with Crippen LogP contribution in [0, 0.1) is 5.92 Å². The summed E-state index contributed by atoms with van der Waals surface area (Å²) in [6, 6.07) is 10.0. The molecule has 2 aromatic rings. The van der Waals surface area contributed by atoms with Crippen LogP contribution in [0.3, 0.4) is 0 Å². The summed E-state index contributed by atoms with van der Waals surface area (Å²) in [4.78, 5) is 62.6. The second-order valence-corrected chi connectivity index (χ2v) is 16.0. The molecule has 1 atom stereocenters. The highest BCUT2D eigenvalue weighted by atomic mass is 79.9. The molecule has 0 radical (unpaired) electrons. The minimum Gasteiger partial charge on any atom is -0.397 e. The molecule has 13 heteroatoms. The van der Waals surface area contributed by atoms with Gasteiger partial charge in [-0.3, -0.25) is 19.3 Å². The number of nitrogens with zero attached hydrogens (tertiary/aromatic N) is 4. The maximum atomic E-state index is 14.1. The Labute approximate surface area is 311 Å². The van der Waals surface area contributed by atoms with E-state index in [9.17, 15) is 19.2 Å². The molecule has 2 aromatic carbocycles. The molecule has 50 heavy (non-hydrogen) atoms. The van der Waals surface area contributed by atoms with Crippen LogP contribution in [-0.2, 0) is 16.0 Å². The molecule has 4 aliphatic rings. The van der Waals surface area contributed by atoms with Crippen LogP contribution in [-0.4, -0.2) is 114 Å². The Bertz CT molecular complexity index is 1530. The summed E-state index contributed by atoms with van der Waals surface area (Å²) in [5, 5.41) is 6.00. The number of hydrogen-bond acceptors (Lipinski definition) is 7. The molecule has 4 N–H and O–H groups in total. The molecule has 0 unspecified atom stereocenters. The smallest absolute Gasteiger partial charge is 0.322 e. The molecule has 11 nitrogen and oxygen atoms in total. The largest absolute Gasteiger partial charge is 0.397 e. The first-order valence-corrected chi connectivity index (χ1v) is 19.7. The number of hydrogen-bond donors (Lipinski definition) is 3. The zero-order valence-electron chi connectivity index (χ0n) is 28.7. The summed E-state index contributed by atoms with van der Waals surface area (Å²) in [7, 11) is 0. The minimum atomic E-state index is -1.01. The fourth-order valence-corrected chi connectivity index (χ4v) is 9.07. The van der Waals surface area contributed by atoms with Crippen molar-refractivity contribution in [2.45, 2.75) is 69.9 Å². The number of nitrogen functional groups attached to an aromatic ring is 1. The van der Waals surface area contributed by atoms with Gasteiger partial charge in [0.05, 0.1) is 12.2 Å². The fraction of sp³-hybridized carbons (Fsp3) is 0.568. The van der Waals surface area contributed by atoms with Crippen molar-refractivity contribution in [1.29, 1.82) is 0 Å². The van der Waals surface area contributed by atoms with Crippen molar-refractivity contribution in [2.24, 2.45) is 5.92 Å². The lowest BCUT2D eigenvalue weighted by atomic mass is 9.95. The van der Waals surface area contributed by atoms with E-state index in [1.54, 1.807) is 17.0 Å². The number of Topliss-reactive ketones (excluding diaryl/α,β-unsaturated/α-hetero) is 1. The standard InChI is InChI=1S/C37H49Br2N7O4/c38-29-20-27(21-30(39)35(29)40)33(47)22-32(41-34(48)24-44-15-8-25(9-16-44)23-43-13-4-1-5-14-43)36(49)45-17-11-28(12-18-45)46-19-10-26-6-2-3-7-31(26)42-37(46)50/h2-3,6-7,20-21,25,28,32H,1,4-5,8-19,22-24,40H2,(H,41,48)(H,42,50)/t32-/m1/s1. The Morgan fingerprint density at radius 3 is 2.26 bits per heavy atom. The van der Waals surface area contributed by atoms with Gasteiger partial charge in [-0.15, -0.1) is 0 Å². The predicted octanol–water partition coefficient (Wildman–Crippen LogP) is 5.13. The van der Waals surface area contributed by atoms with Crippen molar-refractivity contribution in [2.75, 3.05) is 70.0 Å². The summed E-state index contributed by atoms with van der Waals surface area (Å²) < 4.78 is 1.15. The first-order chi connectivity index (χ1) is 24.1. The van der Waals surface area contributed by atoms with Gasteiger partial charge >= 0.3 is 6.03 Å². The molecule has 4 aliphatic heterocycles. The highest BCUT2D eigenvalue weighted by Gasteiger charge is 2.35. The van der Waals surface area contributed by atoms with E-state index in [4.69, 9.17) is 5.73 Å². The summed E-state index contributed by atoms with van der Waals surface area (Å²) in [5.74, 6) is -0.136. The Morgan fingerprint density at radius 2 is 1.56 bits per heavy atom. The van der Waals surface area contributed by atoms with Gasteiger partial charge in [-0.25, -0.2) is 4.79 Å². The monoisotopic (exact) mass is 813 g/mol. The number of benzene rings is 2. The van der Waals surface area contributed by atoms with E-state index in [-0.39, 0.29) is 42.6 Å². The molecule has 0 aliphatic carbocycles. The molecule has 4 amide bonds. The molecule has 270 valence electrons. The van der Waals surface area contributed by atoms with Gasteiger partial charge in [0.15, 0.2) is 5.78 Å². The maximum Gasteiger partial charge on any atom is 0.322 e. The Balaban J connectivity index is 1.07. The van der Waals surface area contributed by atoms with Gasteiger partial charge in [-0.05, 0) is 133 Å². The molecule has 3 fully saturated rings. The Hall–Kier alpha value is -3.00. The van der Waals surface area contributed by atoms with Crippen LogP contribution >= 0.6 is 31.9 Å². The van der Waals surface area contributed by atoms with Crippen molar-refractivity contribution >= 4 is 66.9 Å². The third-order valence-corrected chi connectivity index (χ3v) is 12.1. The second kappa shape index (κ2) is 17.0. The number of carbonyl (C=O) groups is 4. The van der Waals surface area contributed by atoms with Gasteiger partial charge in [0, 0.05) is 58.8 Å². The lowest BCUT2D eigenvalue weighted by molar-refractivity contribution is -0.138. The van der Waals surface area contributed by atoms with E-state index in [0.29, 0.717) is 58.6 Å². The average Bonchev–Trinajstić information content (AvgIpc) is 3.29. The number of amides is 4. The van der Waals surface area contributed by atoms with E-state index in [0.717, 1.165) is 50.1 Å². The number of fused-ring (bicyclic) bond motifs is 1. The summed E-state index contributed by atoms with van der Waals surface area (Å²) in [6.45, 7) is 6.90. The minimum absolute atomic E-state index is 0.00893. The molecule has 0 spiro atoms. The van der Waals surface area contributed by atoms with Crippen LogP contribution in [0.2, 0.25) is 0 Å². The van der Waals surface area contributed by atoms with E-state index in [1.165, 1.54) is 32.4 Å². The molecule has 0 saturated carbocycles. The fourth-order valence-electron chi connectivity index (χ4n) is 7.88. The molecule has 6 rings (SSSR count). The number of para-hydroxylation sites is 1. The number of halogens is 2. The highest BCUT2D eigenvalue weighted by Crippen LogP contribution is 2.31. The molecule has 3 saturated heterocycles. The van der Waals surface area contributed by atoms with Crippen molar-refractivity contribution in [3.63, 3.8) is 0 Å². The zero-order valence-corrected chi connectivity index (χ0v) is 31.9. The van der Waals surface area contributed by atoms with Gasteiger partial charge in [0.2, 0.25) is 11.8 Å². The van der Waals surface area contributed by atoms with E-state index in [1.807, 2.05) is 29.2 Å². The Morgan fingerprint density at radius 1 is 0.880 bits per heavy atom. The van der Waals surface area contributed by atoms with Crippen molar-refractivity contribution in [1.82, 2.24) is 24.9 Å². The number of ketones is 1. The number of anilines is 2. The number of urea groups is 1. The molecule has 0 bridgehead atoms. The number of carbonyl (C=O) groups excluding carboxylic acids is 4. The highest BCUT2D eigenvalue weighted by molar-refractivity contribution is 9.11. The first kappa shape index (κ1) is 36.8. The molecular weight excluding hydrogens is 766 g/mol. The van der Waals surface area contributed by atoms with Gasteiger partial charge in [0.25, 0.3) is 0 Å². The van der Waals surface area contributed by atoms with Crippen LogP contribution in [0.1, 0.15) is 67.3 Å². The summed E-state index contributed by atoms with van der Waals surface area (Å²) in [5.41, 5.74) is 8.89. The van der Waals surface area contributed by atoms with Crippen molar-refractivity contribution < 1.29 is 19.2 Å². The van der Waals surface area contributed by atoms with Gasteiger partial charge in [0.1, 0.15) is 6.04 Å². The van der Waals surface area contributed by atoms with Gasteiger partial charge in [-0.1, -0.05) is 24.6 Å². The lowest BCUT2D eigenvalue weighted by Gasteiger charge is -2.39. The third-order valence-electron chi connectivity index (χ3n) is 10.8. The van der Waals surface area contributed by atoms with Gasteiger partial charge in [-0.2, -0.15) is 0 Å². The van der Waals surface area contributed by atoms with Crippen LogP contribution < -0.4 is 16.4 Å². The normalized spacial score (nSPS) is 20.5. The lowest BCUT2D eigenvalue weighted by Crippen LogP contribution is -2.55. The predicted molar refractivity (Wildman–Crippen MR) is 202 cm³/mol. The number of rotatable bonds is 10. The van der Waals surface area contributed by atoms with Crippen molar-refractivity contribution in [3.8, 4) is 0 Å². The number of piperidine rings is 3. The first-order valence-electron chi connectivity index (χ1n) is 18.1. The second-order valence-electron chi connectivity index (χ2n) is 14.3. The molecule has 4 heterocycles. The maximum absolute atomic E-state index is 14.1. The van der Waals surface area contributed by atoms with E-state index < -0.39 is 6.04 Å². The number of nitrogens with one attached hydrogen (secondary N) is 2. The molecule has 0 aromatic heterocycles. The van der Waals surface area contributed by atoms with Crippen LogP contribution in [0.5, 0.6) is 0 Å². The number of nitrogens with two attached hydrogens (primary N) is 1. The van der Waals surface area contributed by atoms with Crippen molar-refractivity contribution in [3.05, 3.63) is 56.5 Å². The average molecular weight is 816 g/mol. The van der Waals surface area contributed by atoms with Crippen LogP contribution in [0.15, 0.2) is 45.3 Å². The summed E-state index contributed by atoms with van der Waals surface area (Å²) in [6.07, 6.45) is 7.86. The summed E-state index contributed by atoms with van der Waals surface area (Å²) >= 11 is 6.83. The van der Waals surface area contributed by atoms with E-state index in [2.05, 4.69) is 52.3 Å². The Kier molecular flexibility index (Phi) is 12.5. The topological polar surface area (TPSA) is 131 Å². The van der Waals surface area contributed by atoms with Gasteiger partial charge < -0.3 is 31.1 Å². The number of likely N-dealkylation sites (tertiary alicyclic amines) is 3. The SMILES string of the molecule is Nc1c(Br)cc(C(=O)C[C@@H](NC(=O)CN2CCC(CN3CCCCC3)CC2)C(=O)N2CCC(N3CCc4ccccc4NC3=O)CC2)cc1Br. The van der Waals surface area contributed by atoms with Crippen LogP contribution in [0.25, 0.3) is 0 Å². The van der Waals surface area contributed by atoms with Crippen LogP contribution in [0.4, 0.5) is 16.2 Å². The van der Waals surface area contributed by atoms with E-state index >= 15 is 0 Å². The zero-order chi connectivity index (χ0) is 35.2.